The third-order valence-electron chi connectivity index (χ3n) is 3.37. The smallest absolute Gasteiger partial charge is 0.152 e. The molecule has 0 spiro atoms. The average Bonchev–Trinajstić information content (AvgIpc) is 2.53. The zero-order valence-electron chi connectivity index (χ0n) is 10.8. The maximum atomic E-state index is 11.6. The minimum Gasteiger partial charge on any atom is -0.370 e. The Hall–Kier alpha value is -0.590. The minimum absolute atomic E-state index is 0.245. The number of halogens is 1. The van der Waals surface area contributed by atoms with Crippen molar-refractivity contribution >= 4 is 31.5 Å². The van der Waals surface area contributed by atoms with Crippen molar-refractivity contribution in [2.24, 2.45) is 5.73 Å². The van der Waals surface area contributed by atoms with Gasteiger partial charge in [-0.25, -0.2) is 8.42 Å². The topological polar surface area (TPSA) is 63.4 Å². The molecule has 0 bridgehead atoms. The van der Waals surface area contributed by atoms with Gasteiger partial charge in [0.2, 0.25) is 0 Å². The highest BCUT2D eigenvalue weighted by Crippen LogP contribution is 2.25. The Morgan fingerprint density at radius 3 is 2.74 bits per heavy atom. The van der Waals surface area contributed by atoms with Crippen LogP contribution in [0.4, 0.5) is 5.69 Å². The number of benzene rings is 1. The lowest BCUT2D eigenvalue weighted by atomic mass is 10.1. The molecule has 0 radical (unpaired) electrons. The van der Waals surface area contributed by atoms with E-state index in [9.17, 15) is 8.42 Å². The fourth-order valence-electron chi connectivity index (χ4n) is 2.29. The van der Waals surface area contributed by atoms with Crippen molar-refractivity contribution in [2.45, 2.75) is 12.8 Å². The Labute approximate surface area is 123 Å². The van der Waals surface area contributed by atoms with Crippen LogP contribution < -0.4 is 10.6 Å². The molecular formula is C13H19BrN2O2S. The average molecular weight is 347 g/mol. The van der Waals surface area contributed by atoms with Gasteiger partial charge < -0.3 is 10.6 Å². The van der Waals surface area contributed by atoms with Crippen LogP contribution in [0.15, 0.2) is 22.7 Å². The van der Waals surface area contributed by atoms with Crippen LogP contribution in [0.1, 0.15) is 12.0 Å². The van der Waals surface area contributed by atoms with Crippen molar-refractivity contribution in [1.29, 1.82) is 0 Å². The van der Waals surface area contributed by atoms with Gasteiger partial charge in [0.1, 0.15) is 0 Å². The van der Waals surface area contributed by atoms with Crippen LogP contribution in [0.3, 0.4) is 0 Å². The van der Waals surface area contributed by atoms with E-state index < -0.39 is 9.84 Å². The van der Waals surface area contributed by atoms with Crippen molar-refractivity contribution in [3.05, 3.63) is 28.2 Å². The first-order valence-electron chi connectivity index (χ1n) is 6.46. The van der Waals surface area contributed by atoms with E-state index >= 15 is 0 Å². The molecule has 0 unspecified atom stereocenters. The molecule has 2 rings (SSSR count). The Bertz CT molecular complexity index is 546. The van der Waals surface area contributed by atoms with Gasteiger partial charge in [-0.05, 0) is 37.1 Å². The van der Waals surface area contributed by atoms with Crippen molar-refractivity contribution in [3.63, 3.8) is 0 Å². The lowest BCUT2D eigenvalue weighted by Crippen LogP contribution is -2.26. The largest absolute Gasteiger partial charge is 0.370 e. The molecule has 0 aromatic heterocycles. The fourth-order valence-corrected chi connectivity index (χ4v) is 4.12. The quantitative estimate of drug-likeness (QED) is 0.902. The number of sulfone groups is 1. The zero-order chi connectivity index (χ0) is 13.9. The van der Waals surface area contributed by atoms with Gasteiger partial charge in [0, 0.05) is 23.2 Å². The number of anilines is 1. The van der Waals surface area contributed by atoms with Gasteiger partial charge >= 0.3 is 0 Å². The number of hydrogen-bond acceptors (Lipinski definition) is 4. The van der Waals surface area contributed by atoms with Gasteiger partial charge in [0.25, 0.3) is 0 Å². The van der Waals surface area contributed by atoms with E-state index in [0.717, 1.165) is 23.1 Å². The molecule has 0 saturated carbocycles. The van der Waals surface area contributed by atoms with Crippen molar-refractivity contribution in [2.75, 3.05) is 36.0 Å². The first kappa shape index (κ1) is 14.8. The van der Waals surface area contributed by atoms with Gasteiger partial charge in [-0.2, -0.15) is 0 Å². The molecule has 4 nitrogen and oxygen atoms in total. The SMILES string of the molecule is NCCc1ccc(N2CCCS(=O)(=O)CC2)cc1Br. The normalized spacial score (nSPS) is 19.2. The van der Waals surface area contributed by atoms with Crippen LogP contribution in [-0.4, -0.2) is 39.6 Å². The molecule has 0 aliphatic carbocycles. The van der Waals surface area contributed by atoms with E-state index in [1.54, 1.807) is 0 Å². The molecule has 1 aromatic rings. The van der Waals surface area contributed by atoms with E-state index in [1.807, 2.05) is 6.07 Å². The van der Waals surface area contributed by atoms with Crippen LogP contribution in [0.5, 0.6) is 0 Å². The molecule has 106 valence electrons. The predicted octanol–water partition coefficient (Wildman–Crippen LogP) is 1.58. The second-order valence-electron chi connectivity index (χ2n) is 4.81. The zero-order valence-corrected chi connectivity index (χ0v) is 13.2. The Kier molecular flexibility index (Phi) is 4.86. The first-order valence-corrected chi connectivity index (χ1v) is 9.07. The predicted molar refractivity (Wildman–Crippen MR) is 82.4 cm³/mol. The fraction of sp³-hybridized carbons (Fsp3) is 0.538. The first-order chi connectivity index (χ1) is 9.02. The molecule has 0 atom stereocenters. The second-order valence-corrected chi connectivity index (χ2v) is 7.96. The highest BCUT2D eigenvalue weighted by Gasteiger charge is 2.19. The summed E-state index contributed by atoms with van der Waals surface area (Å²) in [6, 6.07) is 6.17. The Morgan fingerprint density at radius 1 is 1.26 bits per heavy atom. The maximum absolute atomic E-state index is 11.6. The van der Waals surface area contributed by atoms with Crippen LogP contribution in [0.2, 0.25) is 0 Å². The van der Waals surface area contributed by atoms with Crippen molar-refractivity contribution in [1.82, 2.24) is 0 Å². The summed E-state index contributed by atoms with van der Waals surface area (Å²) < 4.78 is 24.3. The number of rotatable bonds is 3. The Morgan fingerprint density at radius 2 is 2.05 bits per heavy atom. The molecular weight excluding hydrogens is 328 g/mol. The second kappa shape index (κ2) is 6.24. The lowest BCUT2D eigenvalue weighted by Gasteiger charge is -2.22. The standard InChI is InChI=1S/C13H19BrN2O2S/c14-13-10-12(3-2-11(13)4-5-15)16-6-1-8-19(17,18)9-7-16/h2-3,10H,1,4-9,15H2. The number of nitrogens with zero attached hydrogens (tertiary/aromatic N) is 1. The highest BCUT2D eigenvalue weighted by atomic mass is 79.9. The van der Waals surface area contributed by atoms with Gasteiger partial charge in [-0.3, -0.25) is 0 Å². The van der Waals surface area contributed by atoms with Gasteiger partial charge in [0.05, 0.1) is 11.5 Å². The summed E-state index contributed by atoms with van der Waals surface area (Å²) in [6.45, 7) is 1.99. The maximum Gasteiger partial charge on any atom is 0.152 e. The molecule has 2 N–H and O–H groups in total. The van der Waals surface area contributed by atoms with E-state index in [-0.39, 0.29) is 5.75 Å². The van der Waals surface area contributed by atoms with Gasteiger partial charge in [-0.15, -0.1) is 0 Å². The molecule has 1 heterocycles. The molecule has 19 heavy (non-hydrogen) atoms. The van der Waals surface area contributed by atoms with Crippen LogP contribution in [0.25, 0.3) is 0 Å². The minimum atomic E-state index is -2.86. The van der Waals surface area contributed by atoms with E-state index in [0.29, 0.717) is 25.3 Å². The van der Waals surface area contributed by atoms with Gasteiger partial charge in [0.15, 0.2) is 9.84 Å². The number of hydrogen-bond donors (Lipinski definition) is 1. The summed E-state index contributed by atoms with van der Waals surface area (Å²) >= 11 is 3.56. The highest BCUT2D eigenvalue weighted by molar-refractivity contribution is 9.10. The summed E-state index contributed by atoms with van der Waals surface area (Å²) in [5.41, 5.74) is 7.83. The van der Waals surface area contributed by atoms with E-state index in [1.165, 1.54) is 5.56 Å². The molecule has 0 amide bonds. The molecule has 1 saturated heterocycles. The Balaban J connectivity index is 2.16. The molecule has 1 aliphatic rings. The van der Waals surface area contributed by atoms with Crippen LogP contribution in [-0.2, 0) is 16.3 Å². The summed E-state index contributed by atoms with van der Waals surface area (Å²) in [5, 5.41) is 0. The van der Waals surface area contributed by atoms with Crippen LogP contribution >= 0.6 is 15.9 Å². The van der Waals surface area contributed by atoms with Crippen molar-refractivity contribution in [3.8, 4) is 0 Å². The van der Waals surface area contributed by atoms with Crippen LogP contribution in [0, 0.1) is 0 Å². The van der Waals surface area contributed by atoms with E-state index in [4.69, 9.17) is 5.73 Å². The molecule has 1 aromatic carbocycles. The van der Waals surface area contributed by atoms with E-state index in [2.05, 4.69) is 33.0 Å². The molecule has 1 aliphatic heterocycles. The molecule has 1 fully saturated rings. The summed E-state index contributed by atoms with van der Waals surface area (Å²) in [5.74, 6) is 0.547. The van der Waals surface area contributed by atoms with Gasteiger partial charge in [-0.1, -0.05) is 22.0 Å². The summed E-state index contributed by atoms with van der Waals surface area (Å²) in [4.78, 5) is 2.14. The van der Waals surface area contributed by atoms with Crippen molar-refractivity contribution < 1.29 is 8.42 Å². The summed E-state index contributed by atoms with van der Waals surface area (Å²) in [6.07, 6.45) is 1.54. The summed E-state index contributed by atoms with van der Waals surface area (Å²) in [7, 11) is -2.86. The monoisotopic (exact) mass is 346 g/mol. The molecule has 6 heteroatoms. The third kappa shape index (κ3) is 3.94. The third-order valence-corrected chi connectivity index (χ3v) is 5.82. The number of nitrogens with two attached hydrogens (primary N) is 1. The lowest BCUT2D eigenvalue weighted by molar-refractivity contribution is 0.597.